The molecule has 9 nitrogen and oxygen atoms in total. The third-order valence-corrected chi connectivity index (χ3v) is 5.99. The second-order valence-electron chi connectivity index (χ2n) is 7.80. The lowest BCUT2D eigenvalue weighted by atomic mass is 10.1. The van der Waals surface area contributed by atoms with E-state index in [1.165, 1.54) is 0 Å². The summed E-state index contributed by atoms with van der Waals surface area (Å²) in [6, 6.07) is 2.20. The van der Waals surface area contributed by atoms with Gasteiger partial charge in [0.1, 0.15) is 11.2 Å². The highest BCUT2D eigenvalue weighted by molar-refractivity contribution is 5.97. The van der Waals surface area contributed by atoms with Crippen molar-refractivity contribution in [3.05, 3.63) is 22.6 Å². The summed E-state index contributed by atoms with van der Waals surface area (Å²) in [5.74, 6) is 1.82. The first-order valence-corrected chi connectivity index (χ1v) is 9.80. The van der Waals surface area contributed by atoms with Crippen LogP contribution < -0.4 is 16.2 Å². The van der Waals surface area contributed by atoms with E-state index in [1.54, 1.807) is 0 Å². The number of nitrogens with zero attached hydrogens (tertiary/aromatic N) is 5. The van der Waals surface area contributed by atoms with Crippen molar-refractivity contribution in [3.63, 3.8) is 0 Å². The summed E-state index contributed by atoms with van der Waals surface area (Å²) in [7, 11) is 1.94. The zero-order valence-electron chi connectivity index (χ0n) is 16.2. The van der Waals surface area contributed by atoms with E-state index in [9.17, 15) is 4.79 Å². The lowest BCUT2D eigenvalue weighted by molar-refractivity contribution is 0.122. The Balaban J connectivity index is 1.66. The molecule has 148 valence electrons. The van der Waals surface area contributed by atoms with Gasteiger partial charge in [-0.2, -0.15) is 10.2 Å². The maximum absolute atomic E-state index is 13.1. The summed E-state index contributed by atoms with van der Waals surface area (Å²) in [5.41, 5.74) is 8.24. The fraction of sp³-hybridized carbons (Fsp3) is 0.526. The maximum atomic E-state index is 13.1. The van der Waals surface area contributed by atoms with Gasteiger partial charge in [-0.15, -0.1) is 0 Å². The summed E-state index contributed by atoms with van der Waals surface area (Å²) in [6.07, 6.45) is 4.23. The Bertz CT molecular complexity index is 1090. The molecule has 0 unspecified atom stereocenters. The molecule has 9 heteroatoms. The molecular formula is C19H25N7O2. The normalized spacial score (nSPS) is 18.7. The van der Waals surface area contributed by atoms with Crippen LogP contribution in [-0.4, -0.2) is 50.8 Å². The van der Waals surface area contributed by atoms with Gasteiger partial charge in [0, 0.05) is 44.0 Å². The number of fused-ring (bicyclic) bond motifs is 1. The van der Waals surface area contributed by atoms with E-state index in [2.05, 4.69) is 28.1 Å². The van der Waals surface area contributed by atoms with Crippen LogP contribution >= 0.6 is 0 Å². The Morgan fingerprint density at radius 1 is 1.32 bits per heavy atom. The van der Waals surface area contributed by atoms with E-state index in [-0.39, 0.29) is 17.4 Å². The number of pyridine rings is 1. The van der Waals surface area contributed by atoms with Gasteiger partial charge in [0.05, 0.1) is 24.4 Å². The van der Waals surface area contributed by atoms with Crippen molar-refractivity contribution in [2.75, 3.05) is 36.9 Å². The van der Waals surface area contributed by atoms with Crippen molar-refractivity contribution in [1.82, 2.24) is 24.5 Å². The fourth-order valence-corrected chi connectivity index (χ4v) is 4.14. The molecule has 3 aromatic rings. The zero-order valence-corrected chi connectivity index (χ0v) is 16.2. The number of morpholine rings is 1. The Morgan fingerprint density at radius 3 is 2.79 bits per heavy atom. The molecule has 0 spiro atoms. The van der Waals surface area contributed by atoms with E-state index >= 15 is 0 Å². The first-order chi connectivity index (χ1) is 13.5. The van der Waals surface area contributed by atoms with Gasteiger partial charge in [-0.25, -0.2) is 0 Å². The molecule has 3 N–H and O–H groups in total. The Labute approximate surface area is 162 Å². The van der Waals surface area contributed by atoms with Crippen LogP contribution in [0, 0.1) is 5.92 Å². The summed E-state index contributed by atoms with van der Waals surface area (Å²) in [6.45, 7) is 5.20. The van der Waals surface area contributed by atoms with Gasteiger partial charge < -0.3 is 19.9 Å². The largest absolute Gasteiger partial charge is 0.382 e. The summed E-state index contributed by atoms with van der Waals surface area (Å²) in [4.78, 5) is 15.3. The smallest absolute Gasteiger partial charge is 0.264 e. The molecule has 0 aromatic carbocycles. The van der Waals surface area contributed by atoms with Crippen molar-refractivity contribution >= 4 is 22.5 Å². The molecule has 1 atom stereocenters. The Morgan fingerprint density at radius 2 is 2.07 bits per heavy atom. The van der Waals surface area contributed by atoms with E-state index in [4.69, 9.17) is 15.6 Å². The van der Waals surface area contributed by atoms with E-state index < -0.39 is 0 Å². The van der Waals surface area contributed by atoms with Crippen LogP contribution in [0.4, 0.5) is 11.6 Å². The molecule has 1 saturated carbocycles. The second-order valence-corrected chi connectivity index (χ2v) is 7.80. The van der Waals surface area contributed by atoms with E-state index in [0.29, 0.717) is 30.0 Å². The van der Waals surface area contributed by atoms with E-state index in [1.807, 2.05) is 22.5 Å². The van der Waals surface area contributed by atoms with Crippen LogP contribution in [0.2, 0.25) is 0 Å². The van der Waals surface area contributed by atoms with Crippen molar-refractivity contribution < 1.29 is 4.74 Å². The third kappa shape index (κ3) is 2.69. The number of nitrogens with one attached hydrogen (secondary N) is 1. The van der Waals surface area contributed by atoms with Gasteiger partial charge in [0.15, 0.2) is 5.82 Å². The predicted octanol–water partition coefficient (Wildman–Crippen LogP) is 1.51. The highest BCUT2D eigenvalue weighted by Crippen LogP contribution is 2.40. The van der Waals surface area contributed by atoms with Gasteiger partial charge in [0.2, 0.25) is 0 Å². The predicted molar refractivity (Wildman–Crippen MR) is 107 cm³/mol. The lowest BCUT2D eigenvalue weighted by Crippen LogP contribution is -2.37. The maximum Gasteiger partial charge on any atom is 0.264 e. The van der Waals surface area contributed by atoms with Gasteiger partial charge in [0.25, 0.3) is 5.56 Å². The number of aromatic nitrogens is 5. The molecule has 1 saturated heterocycles. The SMILES string of the molecule is C[C@@H](C1CC1)n1cc(-c2cc(N3CCOCC3)n(C)n2)c2[nH]nc(N)c2c1=O. The first-order valence-electron chi connectivity index (χ1n) is 9.80. The summed E-state index contributed by atoms with van der Waals surface area (Å²) >= 11 is 0. The topological polar surface area (TPSA) is 107 Å². The number of hydrogen-bond donors (Lipinski definition) is 2. The molecule has 0 amide bonds. The van der Waals surface area contributed by atoms with Crippen LogP contribution in [0.1, 0.15) is 25.8 Å². The van der Waals surface area contributed by atoms with Crippen LogP contribution in [0.15, 0.2) is 17.1 Å². The molecule has 5 rings (SSSR count). The Hall–Kier alpha value is -2.81. The lowest BCUT2D eigenvalue weighted by Gasteiger charge is -2.28. The van der Waals surface area contributed by atoms with Crippen LogP contribution in [-0.2, 0) is 11.8 Å². The van der Waals surface area contributed by atoms with Crippen LogP contribution in [0.3, 0.4) is 0 Å². The summed E-state index contributed by atoms with van der Waals surface area (Å²) in [5, 5.41) is 12.2. The highest BCUT2D eigenvalue weighted by Gasteiger charge is 2.31. The second kappa shape index (κ2) is 6.37. The minimum atomic E-state index is -0.0891. The average molecular weight is 383 g/mol. The van der Waals surface area contributed by atoms with Crippen LogP contribution in [0.25, 0.3) is 22.2 Å². The molecular weight excluding hydrogens is 358 g/mol. The van der Waals surface area contributed by atoms with Crippen molar-refractivity contribution in [2.45, 2.75) is 25.8 Å². The number of aryl methyl sites for hydroxylation is 1. The third-order valence-electron chi connectivity index (χ3n) is 5.99. The minimum absolute atomic E-state index is 0.0891. The molecule has 2 aliphatic rings. The number of H-pyrrole nitrogens is 1. The average Bonchev–Trinajstić information content (AvgIpc) is 3.38. The quantitative estimate of drug-likeness (QED) is 0.707. The fourth-order valence-electron chi connectivity index (χ4n) is 4.14. The molecule has 0 bridgehead atoms. The van der Waals surface area contributed by atoms with Gasteiger partial charge in [-0.1, -0.05) is 0 Å². The number of anilines is 2. The summed E-state index contributed by atoms with van der Waals surface area (Å²) < 4.78 is 9.15. The molecule has 28 heavy (non-hydrogen) atoms. The molecule has 2 fully saturated rings. The number of aromatic amines is 1. The molecule has 1 aliphatic carbocycles. The van der Waals surface area contributed by atoms with Gasteiger partial charge in [-0.05, 0) is 25.7 Å². The van der Waals surface area contributed by atoms with Gasteiger partial charge in [-0.3, -0.25) is 14.6 Å². The van der Waals surface area contributed by atoms with E-state index in [0.717, 1.165) is 43.0 Å². The van der Waals surface area contributed by atoms with Crippen LogP contribution in [0.5, 0.6) is 0 Å². The van der Waals surface area contributed by atoms with Crippen molar-refractivity contribution in [1.29, 1.82) is 0 Å². The molecule has 4 heterocycles. The number of ether oxygens (including phenoxy) is 1. The number of hydrogen-bond acceptors (Lipinski definition) is 6. The molecule has 1 aliphatic heterocycles. The first kappa shape index (κ1) is 17.3. The van der Waals surface area contributed by atoms with Crippen molar-refractivity contribution in [2.24, 2.45) is 13.0 Å². The van der Waals surface area contributed by atoms with Gasteiger partial charge >= 0.3 is 0 Å². The van der Waals surface area contributed by atoms with Crippen molar-refractivity contribution in [3.8, 4) is 11.3 Å². The standard InChI is InChI=1S/C19H25N7O2/c1-11(12-3-4-12)26-10-13(17-16(19(26)27)18(20)22-21-17)14-9-15(24(2)23-14)25-5-7-28-8-6-25/h9-12H,3-8H2,1-2H3,(H3,20,21,22)/t11-/m0/s1. The number of rotatable bonds is 4. The molecule has 0 radical (unpaired) electrons. The molecule has 3 aromatic heterocycles. The number of nitrogens with two attached hydrogens (primary N) is 1. The number of nitrogen functional groups attached to an aromatic ring is 1. The Kier molecular flexibility index (Phi) is 3.94. The highest BCUT2D eigenvalue weighted by atomic mass is 16.5. The zero-order chi connectivity index (χ0) is 19.4. The monoisotopic (exact) mass is 383 g/mol. The minimum Gasteiger partial charge on any atom is -0.382 e.